The van der Waals surface area contributed by atoms with Gasteiger partial charge >= 0.3 is 5.97 Å². The molecular weight excluding hydrogens is 404 g/mol. The summed E-state index contributed by atoms with van der Waals surface area (Å²) in [6.07, 6.45) is 6.63. The fourth-order valence-corrected chi connectivity index (χ4v) is 5.12. The molecule has 29 heavy (non-hydrogen) atoms. The average Bonchev–Trinajstić information content (AvgIpc) is 3.39. The Morgan fingerprint density at radius 3 is 2.93 bits per heavy atom. The molecule has 0 saturated heterocycles. The SMILES string of the molecule is COC(=O)c1c(NC(=S)Nc2cnn(Cc3ccccc3C)c2)sc2c1CCC2. The van der Waals surface area contributed by atoms with E-state index in [1.54, 1.807) is 17.5 Å². The van der Waals surface area contributed by atoms with Gasteiger partial charge in [-0.15, -0.1) is 11.3 Å². The minimum absolute atomic E-state index is 0.319. The number of fused-ring (bicyclic) bond motifs is 1. The molecule has 0 atom stereocenters. The Kier molecular flexibility index (Phi) is 5.64. The van der Waals surface area contributed by atoms with Gasteiger partial charge in [-0.05, 0) is 55.1 Å². The van der Waals surface area contributed by atoms with Gasteiger partial charge in [0.25, 0.3) is 0 Å². The first-order valence-corrected chi connectivity index (χ1v) is 10.7. The number of nitrogens with one attached hydrogen (secondary N) is 2. The summed E-state index contributed by atoms with van der Waals surface area (Å²) in [4.78, 5) is 13.5. The normalized spacial score (nSPS) is 12.5. The highest BCUT2D eigenvalue weighted by Gasteiger charge is 2.27. The van der Waals surface area contributed by atoms with Crippen LogP contribution in [0.15, 0.2) is 36.7 Å². The van der Waals surface area contributed by atoms with Crippen LogP contribution in [0.4, 0.5) is 10.7 Å². The Labute approximate surface area is 178 Å². The lowest BCUT2D eigenvalue weighted by molar-refractivity contribution is 0.0601. The van der Waals surface area contributed by atoms with E-state index in [1.807, 2.05) is 23.0 Å². The highest BCUT2D eigenvalue weighted by molar-refractivity contribution is 7.80. The van der Waals surface area contributed by atoms with Crippen molar-refractivity contribution in [3.63, 3.8) is 0 Å². The molecule has 0 aliphatic heterocycles. The molecule has 1 aliphatic carbocycles. The van der Waals surface area contributed by atoms with Gasteiger partial charge in [-0.3, -0.25) is 4.68 Å². The van der Waals surface area contributed by atoms with E-state index in [-0.39, 0.29) is 5.97 Å². The first-order valence-electron chi connectivity index (χ1n) is 9.43. The number of hydrogen-bond acceptors (Lipinski definition) is 5. The first kappa shape index (κ1) is 19.6. The number of aryl methyl sites for hydroxylation is 2. The van der Waals surface area contributed by atoms with E-state index < -0.39 is 0 Å². The van der Waals surface area contributed by atoms with Crippen LogP contribution in [0, 0.1) is 6.92 Å². The quantitative estimate of drug-likeness (QED) is 0.466. The second-order valence-corrected chi connectivity index (χ2v) is 8.50. The van der Waals surface area contributed by atoms with Gasteiger partial charge in [0.15, 0.2) is 5.11 Å². The molecule has 2 heterocycles. The molecule has 4 rings (SSSR count). The van der Waals surface area contributed by atoms with Crippen LogP contribution < -0.4 is 10.6 Å². The summed E-state index contributed by atoms with van der Waals surface area (Å²) in [7, 11) is 1.41. The van der Waals surface area contributed by atoms with Crippen molar-refractivity contribution in [1.29, 1.82) is 0 Å². The van der Waals surface area contributed by atoms with Crippen LogP contribution in [-0.4, -0.2) is 28.0 Å². The summed E-state index contributed by atoms with van der Waals surface area (Å²) in [6, 6.07) is 8.25. The molecule has 2 aromatic heterocycles. The number of hydrogen-bond donors (Lipinski definition) is 2. The minimum Gasteiger partial charge on any atom is -0.465 e. The number of carbonyl (C=O) groups is 1. The molecule has 0 bridgehead atoms. The smallest absolute Gasteiger partial charge is 0.341 e. The van der Waals surface area contributed by atoms with Gasteiger partial charge < -0.3 is 15.4 Å². The fraction of sp³-hybridized carbons (Fsp3) is 0.286. The lowest BCUT2D eigenvalue weighted by atomic mass is 10.1. The monoisotopic (exact) mass is 426 g/mol. The van der Waals surface area contributed by atoms with Crippen molar-refractivity contribution < 1.29 is 9.53 Å². The Bertz CT molecular complexity index is 1070. The van der Waals surface area contributed by atoms with Gasteiger partial charge in [-0.25, -0.2) is 4.79 Å². The molecule has 0 fully saturated rings. The molecule has 1 aliphatic rings. The number of thiophene rings is 1. The Balaban J connectivity index is 1.44. The van der Waals surface area contributed by atoms with Crippen molar-refractivity contribution in [3.05, 3.63) is 63.8 Å². The Morgan fingerprint density at radius 2 is 2.14 bits per heavy atom. The summed E-state index contributed by atoms with van der Waals surface area (Å²) in [5.41, 5.74) is 4.96. The first-order chi connectivity index (χ1) is 14.0. The largest absolute Gasteiger partial charge is 0.465 e. The summed E-state index contributed by atoms with van der Waals surface area (Å²) in [6.45, 7) is 2.78. The molecular formula is C21H22N4O2S2. The van der Waals surface area contributed by atoms with E-state index in [2.05, 4.69) is 34.8 Å². The highest BCUT2D eigenvalue weighted by atomic mass is 32.1. The number of esters is 1. The van der Waals surface area contributed by atoms with E-state index >= 15 is 0 Å². The number of carbonyl (C=O) groups excluding carboxylic acids is 1. The van der Waals surface area contributed by atoms with Gasteiger partial charge in [0.1, 0.15) is 5.00 Å². The van der Waals surface area contributed by atoms with Crippen molar-refractivity contribution in [2.24, 2.45) is 0 Å². The maximum absolute atomic E-state index is 12.3. The van der Waals surface area contributed by atoms with Crippen LogP contribution in [0.1, 0.15) is 38.3 Å². The Morgan fingerprint density at radius 1 is 1.31 bits per heavy atom. The van der Waals surface area contributed by atoms with Crippen LogP contribution in [0.25, 0.3) is 0 Å². The molecule has 8 heteroatoms. The van der Waals surface area contributed by atoms with E-state index in [1.165, 1.54) is 23.1 Å². The number of nitrogens with zero attached hydrogens (tertiary/aromatic N) is 2. The number of benzene rings is 1. The van der Waals surface area contributed by atoms with Crippen molar-refractivity contribution in [3.8, 4) is 0 Å². The number of thiocarbonyl (C=S) groups is 1. The van der Waals surface area contributed by atoms with Crippen molar-refractivity contribution >= 4 is 45.3 Å². The average molecular weight is 427 g/mol. The maximum atomic E-state index is 12.3. The van der Waals surface area contributed by atoms with Gasteiger partial charge in [0.05, 0.1) is 31.1 Å². The number of rotatable bonds is 5. The van der Waals surface area contributed by atoms with Crippen molar-refractivity contribution in [2.75, 3.05) is 17.7 Å². The fourth-order valence-electron chi connectivity index (χ4n) is 3.55. The molecule has 0 amide bonds. The standard InChI is InChI=1S/C21H22N4O2S2/c1-13-6-3-4-7-14(13)11-25-12-15(10-22-25)23-21(28)24-19-18(20(26)27-2)16-8-5-9-17(16)29-19/h3-4,6-7,10,12H,5,8-9,11H2,1-2H3,(H2,23,24,28). The second kappa shape index (κ2) is 8.34. The third-order valence-corrected chi connectivity index (χ3v) is 6.43. The van der Waals surface area contributed by atoms with E-state index in [4.69, 9.17) is 17.0 Å². The van der Waals surface area contributed by atoms with Gasteiger partial charge in [0, 0.05) is 11.1 Å². The predicted molar refractivity (Wildman–Crippen MR) is 120 cm³/mol. The zero-order chi connectivity index (χ0) is 20.4. The molecule has 150 valence electrons. The topological polar surface area (TPSA) is 68.2 Å². The zero-order valence-electron chi connectivity index (χ0n) is 16.3. The zero-order valence-corrected chi connectivity index (χ0v) is 18.0. The van der Waals surface area contributed by atoms with Crippen LogP contribution in [0.5, 0.6) is 0 Å². The lowest BCUT2D eigenvalue weighted by Gasteiger charge is -2.10. The summed E-state index contributed by atoms with van der Waals surface area (Å²) in [5, 5.41) is 11.9. The van der Waals surface area contributed by atoms with Crippen LogP contribution in [0.3, 0.4) is 0 Å². The molecule has 6 nitrogen and oxygen atoms in total. The minimum atomic E-state index is -0.319. The number of aromatic nitrogens is 2. The third-order valence-electron chi connectivity index (χ3n) is 5.02. The molecule has 2 N–H and O–H groups in total. The van der Waals surface area contributed by atoms with Gasteiger partial charge in [0.2, 0.25) is 0 Å². The maximum Gasteiger partial charge on any atom is 0.341 e. The van der Waals surface area contributed by atoms with Crippen LogP contribution >= 0.6 is 23.6 Å². The molecule has 1 aromatic carbocycles. The van der Waals surface area contributed by atoms with E-state index in [0.29, 0.717) is 17.2 Å². The summed E-state index contributed by atoms with van der Waals surface area (Å²) >= 11 is 7.04. The van der Waals surface area contributed by atoms with E-state index in [9.17, 15) is 4.79 Å². The van der Waals surface area contributed by atoms with E-state index in [0.717, 1.165) is 35.5 Å². The predicted octanol–water partition coefficient (Wildman–Crippen LogP) is 4.39. The number of methoxy groups -OCH3 is 1. The third kappa shape index (κ3) is 4.18. The molecule has 3 aromatic rings. The number of ether oxygens (including phenoxy) is 1. The van der Waals surface area contributed by atoms with Crippen LogP contribution in [0.2, 0.25) is 0 Å². The van der Waals surface area contributed by atoms with Crippen molar-refractivity contribution in [2.45, 2.75) is 32.7 Å². The summed E-state index contributed by atoms with van der Waals surface area (Å²) in [5.74, 6) is -0.319. The Hall–Kier alpha value is -2.71. The molecule has 0 spiro atoms. The summed E-state index contributed by atoms with van der Waals surface area (Å²) < 4.78 is 6.85. The second-order valence-electron chi connectivity index (χ2n) is 6.99. The molecule has 0 radical (unpaired) electrons. The van der Waals surface area contributed by atoms with Crippen molar-refractivity contribution in [1.82, 2.24) is 9.78 Å². The highest BCUT2D eigenvalue weighted by Crippen LogP contribution is 2.39. The van der Waals surface area contributed by atoms with Gasteiger partial charge in [-0.2, -0.15) is 5.10 Å². The number of anilines is 2. The molecule has 0 unspecified atom stereocenters. The lowest BCUT2D eigenvalue weighted by Crippen LogP contribution is -2.20. The molecule has 0 saturated carbocycles. The van der Waals surface area contributed by atoms with Crippen LogP contribution in [-0.2, 0) is 24.1 Å². The van der Waals surface area contributed by atoms with Gasteiger partial charge in [-0.1, -0.05) is 24.3 Å².